The van der Waals surface area contributed by atoms with Gasteiger partial charge in [-0.05, 0) is 0 Å². The average molecular weight is 161 g/mol. The summed E-state index contributed by atoms with van der Waals surface area (Å²) in [5.41, 5.74) is 0. The van der Waals surface area contributed by atoms with Crippen LogP contribution in [0.1, 0.15) is 1.43 Å². The summed E-state index contributed by atoms with van der Waals surface area (Å²) < 4.78 is 8.88. The van der Waals surface area contributed by atoms with Crippen LogP contribution in [-0.2, 0) is 21.6 Å². The van der Waals surface area contributed by atoms with Gasteiger partial charge in [-0.25, -0.2) is 4.57 Å². The Hall–Kier alpha value is 1.23. The molecule has 0 aromatic carbocycles. The minimum absolute atomic E-state index is 0. The van der Waals surface area contributed by atoms with E-state index in [2.05, 4.69) is 0 Å². The minimum Gasteiger partial charge on any atom is -1.00 e. The molecule has 0 heterocycles. The normalized spacial score (nSPS) is 8.43. The number of hydrogen-bond donors (Lipinski definition) is 3. The van der Waals surface area contributed by atoms with Crippen molar-refractivity contribution in [3.63, 3.8) is 0 Å². The molecule has 0 amide bonds. The average Bonchev–Trinajstić information content (AvgIpc) is 0.722. The van der Waals surface area contributed by atoms with Gasteiger partial charge < -0.3 is 16.1 Å². The molecular formula is H4LiMnO4P. The van der Waals surface area contributed by atoms with Crippen molar-refractivity contribution in [2.45, 2.75) is 0 Å². The van der Waals surface area contributed by atoms with E-state index in [9.17, 15) is 0 Å². The van der Waals surface area contributed by atoms with Gasteiger partial charge in [-0.3, -0.25) is 0 Å². The molecule has 0 unspecified atom stereocenters. The predicted octanol–water partition coefficient (Wildman–Crippen LogP) is -3.81. The molecule has 7 heavy (non-hydrogen) atoms. The molecule has 3 N–H and O–H groups in total. The number of phosphoric acid groups is 1. The second-order valence-electron chi connectivity index (χ2n) is 0.513. The van der Waals surface area contributed by atoms with Gasteiger partial charge in [0.1, 0.15) is 0 Å². The summed E-state index contributed by atoms with van der Waals surface area (Å²) in [4.78, 5) is 21.6. The zero-order valence-corrected chi connectivity index (χ0v) is 5.65. The fourth-order valence-electron chi connectivity index (χ4n) is 0. The molecule has 0 fully saturated rings. The quantitative estimate of drug-likeness (QED) is 0.251. The summed E-state index contributed by atoms with van der Waals surface area (Å²) in [6, 6.07) is 0. The summed E-state index contributed by atoms with van der Waals surface area (Å²) >= 11 is 0. The van der Waals surface area contributed by atoms with Crippen LogP contribution in [0.3, 0.4) is 0 Å². The Kier molecular flexibility index (Phi) is 12.1. The van der Waals surface area contributed by atoms with Crippen LogP contribution in [0, 0.1) is 0 Å². The van der Waals surface area contributed by atoms with Crippen LogP contribution in [0.2, 0.25) is 0 Å². The maximum absolute atomic E-state index is 8.88. The fraction of sp³-hybridized carbons (Fsp3) is 0. The first kappa shape index (κ1) is 15.7. The third-order valence-corrected chi connectivity index (χ3v) is 0. The van der Waals surface area contributed by atoms with Crippen LogP contribution in [0.5, 0.6) is 0 Å². The van der Waals surface area contributed by atoms with Crippen molar-refractivity contribution in [2.24, 2.45) is 0 Å². The second kappa shape index (κ2) is 5.37. The molecule has 0 atom stereocenters. The molecule has 41 valence electrons. The summed E-state index contributed by atoms with van der Waals surface area (Å²) in [7, 11) is -4.64. The van der Waals surface area contributed by atoms with E-state index in [1.54, 1.807) is 0 Å². The summed E-state index contributed by atoms with van der Waals surface area (Å²) in [6.45, 7) is 0. The van der Waals surface area contributed by atoms with Crippen LogP contribution in [0.25, 0.3) is 0 Å². The number of rotatable bonds is 0. The van der Waals surface area contributed by atoms with Crippen molar-refractivity contribution in [1.29, 1.82) is 0 Å². The van der Waals surface area contributed by atoms with E-state index in [-0.39, 0.29) is 37.4 Å². The first-order valence-electron chi connectivity index (χ1n) is 0.783. The molecular weight excluding hydrogens is 157 g/mol. The van der Waals surface area contributed by atoms with E-state index in [1.807, 2.05) is 0 Å². The first-order chi connectivity index (χ1) is 2.00. The Balaban J connectivity index is -0.0000000267. The summed E-state index contributed by atoms with van der Waals surface area (Å²) in [5.74, 6) is 0. The van der Waals surface area contributed by atoms with E-state index in [4.69, 9.17) is 19.2 Å². The smallest absolute Gasteiger partial charge is 1.00 e. The van der Waals surface area contributed by atoms with Gasteiger partial charge in [0.25, 0.3) is 0 Å². The van der Waals surface area contributed by atoms with Crippen molar-refractivity contribution in [1.82, 2.24) is 0 Å². The van der Waals surface area contributed by atoms with Gasteiger partial charge in [-0.1, -0.05) is 0 Å². The standard InChI is InChI=1S/Li.Mn.H3O4P.H/c;;1-5(2,3)4;/h;;(H3,1,2,3,4);/q+1;;;-1. The van der Waals surface area contributed by atoms with E-state index >= 15 is 0 Å². The SMILES string of the molecule is O=P(O)(O)O.[H-].[Li+].[Mn]. The van der Waals surface area contributed by atoms with Crippen molar-refractivity contribution >= 4 is 7.82 Å². The van der Waals surface area contributed by atoms with Crippen molar-refractivity contribution in [2.75, 3.05) is 0 Å². The molecule has 4 nitrogen and oxygen atoms in total. The third kappa shape index (κ3) is 131. The van der Waals surface area contributed by atoms with Gasteiger partial charge >= 0.3 is 26.7 Å². The monoisotopic (exact) mass is 161 g/mol. The van der Waals surface area contributed by atoms with E-state index in [0.29, 0.717) is 0 Å². The molecule has 7 heteroatoms. The third-order valence-electron chi connectivity index (χ3n) is 0. The van der Waals surface area contributed by atoms with Crippen LogP contribution in [-0.4, -0.2) is 14.7 Å². The molecule has 0 aromatic rings. The van der Waals surface area contributed by atoms with Gasteiger partial charge in [0.15, 0.2) is 0 Å². The summed E-state index contributed by atoms with van der Waals surface area (Å²) in [5, 5.41) is 0. The molecule has 0 aliphatic heterocycles. The molecule has 1 radical (unpaired) electrons. The Morgan fingerprint density at radius 2 is 1.29 bits per heavy atom. The first-order valence-corrected chi connectivity index (χ1v) is 2.35. The Bertz CT molecular complexity index is 62.2. The minimum atomic E-state index is -4.64. The molecule has 0 saturated heterocycles. The maximum atomic E-state index is 8.88. The molecule has 0 aliphatic carbocycles. The molecule has 0 saturated carbocycles. The molecule has 0 bridgehead atoms. The second-order valence-corrected chi connectivity index (χ2v) is 1.54. The van der Waals surface area contributed by atoms with Gasteiger partial charge in [-0.15, -0.1) is 0 Å². The largest absolute Gasteiger partial charge is 1.00 e. The van der Waals surface area contributed by atoms with Crippen LogP contribution >= 0.6 is 7.82 Å². The molecule has 0 aliphatic rings. The van der Waals surface area contributed by atoms with Gasteiger partial charge in [-0.2, -0.15) is 0 Å². The summed E-state index contributed by atoms with van der Waals surface area (Å²) in [6.07, 6.45) is 0. The zero-order valence-electron chi connectivity index (χ0n) is 4.58. The van der Waals surface area contributed by atoms with Gasteiger partial charge in [0.05, 0.1) is 0 Å². The van der Waals surface area contributed by atoms with Crippen LogP contribution < -0.4 is 18.9 Å². The number of hydrogen-bond acceptors (Lipinski definition) is 1. The molecule has 0 aromatic heterocycles. The Morgan fingerprint density at radius 1 is 1.29 bits per heavy atom. The van der Waals surface area contributed by atoms with E-state index in [1.165, 1.54) is 0 Å². The fourth-order valence-corrected chi connectivity index (χ4v) is 0. The van der Waals surface area contributed by atoms with E-state index < -0.39 is 7.82 Å². The van der Waals surface area contributed by atoms with Crippen molar-refractivity contribution < 1.29 is 56.6 Å². The van der Waals surface area contributed by atoms with Gasteiger partial charge in [0, 0.05) is 17.1 Å². The Labute approximate surface area is 64.7 Å². The van der Waals surface area contributed by atoms with Crippen molar-refractivity contribution in [3.8, 4) is 0 Å². The predicted molar refractivity (Wildman–Crippen MR) is 15.4 cm³/mol. The topological polar surface area (TPSA) is 77.8 Å². The van der Waals surface area contributed by atoms with Gasteiger partial charge in [0.2, 0.25) is 0 Å². The van der Waals surface area contributed by atoms with Crippen LogP contribution in [0.4, 0.5) is 0 Å². The zero-order chi connectivity index (χ0) is 4.50. The van der Waals surface area contributed by atoms with Crippen molar-refractivity contribution in [3.05, 3.63) is 0 Å². The molecule has 0 spiro atoms. The maximum Gasteiger partial charge on any atom is 1.00 e. The van der Waals surface area contributed by atoms with E-state index in [0.717, 1.165) is 0 Å². The molecule has 0 rings (SSSR count). The Morgan fingerprint density at radius 3 is 1.29 bits per heavy atom. The van der Waals surface area contributed by atoms with Crippen LogP contribution in [0.15, 0.2) is 0 Å².